The summed E-state index contributed by atoms with van der Waals surface area (Å²) in [5.74, 6) is 1.13. The lowest BCUT2D eigenvalue weighted by Gasteiger charge is -2.30. The number of anilines is 1. The molecule has 0 bridgehead atoms. The molecular formula is C28H27N3O2S. The summed E-state index contributed by atoms with van der Waals surface area (Å²) in [6.07, 6.45) is 7.97. The SMILES string of the molecule is O=C(Nc1ccccc1-c1ccccc1)c1csc(C2CCN(C/C=C\c3ccco3)CC2)n1. The standard InChI is InChI=1S/C28H27N3O2S/c32-27(29-25-13-5-4-12-24(25)21-8-2-1-3-9-21)26-20-34-28(30-26)22-14-17-31(18-15-22)16-6-10-23-11-7-19-33-23/h1-13,19-20,22H,14-18H2,(H,29,32)/b10-6-. The first kappa shape index (κ1) is 22.3. The molecule has 0 radical (unpaired) electrons. The van der Waals surface area contributed by atoms with E-state index in [9.17, 15) is 4.79 Å². The Hall–Kier alpha value is -3.48. The van der Waals surface area contributed by atoms with E-state index in [0.717, 1.165) is 60.1 Å². The molecule has 34 heavy (non-hydrogen) atoms. The molecule has 5 rings (SSSR count). The highest BCUT2D eigenvalue weighted by Gasteiger charge is 2.23. The molecule has 2 aromatic heterocycles. The number of para-hydroxylation sites is 1. The molecule has 0 unspecified atom stereocenters. The van der Waals surface area contributed by atoms with Gasteiger partial charge in [-0.1, -0.05) is 54.6 Å². The van der Waals surface area contributed by atoms with Gasteiger partial charge in [0.25, 0.3) is 5.91 Å². The Bertz CT molecular complexity index is 1240. The minimum atomic E-state index is -0.161. The molecule has 0 spiro atoms. The quantitative estimate of drug-likeness (QED) is 0.333. The Morgan fingerprint density at radius 1 is 1.06 bits per heavy atom. The molecule has 0 atom stereocenters. The van der Waals surface area contributed by atoms with Crippen LogP contribution in [0.3, 0.4) is 0 Å². The van der Waals surface area contributed by atoms with E-state index in [1.807, 2.05) is 78.2 Å². The Morgan fingerprint density at radius 2 is 1.85 bits per heavy atom. The molecule has 1 fully saturated rings. The Kier molecular flexibility index (Phi) is 6.98. The van der Waals surface area contributed by atoms with Crippen molar-refractivity contribution in [1.29, 1.82) is 0 Å². The van der Waals surface area contributed by atoms with Gasteiger partial charge in [-0.15, -0.1) is 11.3 Å². The predicted molar refractivity (Wildman–Crippen MR) is 138 cm³/mol. The molecule has 1 saturated heterocycles. The van der Waals surface area contributed by atoms with Crippen LogP contribution in [0.15, 0.2) is 88.9 Å². The second-order valence-corrected chi connectivity index (χ2v) is 9.32. The van der Waals surface area contributed by atoms with Crippen LogP contribution in [-0.2, 0) is 0 Å². The van der Waals surface area contributed by atoms with Crippen LogP contribution < -0.4 is 5.32 Å². The van der Waals surface area contributed by atoms with Gasteiger partial charge in [-0.2, -0.15) is 0 Å². The lowest BCUT2D eigenvalue weighted by molar-refractivity contribution is 0.102. The Labute approximate surface area is 203 Å². The molecule has 0 saturated carbocycles. The van der Waals surface area contributed by atoms with Gasteiger partial charge in [0.05, 0.1) is 11.3 Å². The van der Waals surface area contributed by atoms with Crippen molar-refractivity contribution in [2.45, 2.75) is 18.8 Å². The van der Waals surface area contributed by atoms with Crippen molar-refractivity contribution in [3.05, 3.63) is 101 Å². The topological polar surface area (TPSA) is 58.4 Å². The summed E-state index contributed by atoms with van der Waals surface area (Å²) in [5, 5.41) is 6.01. The molecule has 1 aliphatic rings. The van der Waals surface area contributed by atoms with Crippen LogP contribution in [0.4, 0.5) is 5.69 Å². The maximum atomic E-state index is 13.0. The van der Waals surface area contributed by atoms with E-state index >= 15 is 0 Å². The number of hydrogen-bond donors (Lipinski definition) is 1. The molecule has 1 amide bonds. The van der Waals surface area contributed by atoms with Crippen LogP contribution in [0, 0.1) is 0 Å². The smallest absolute Gasteiger partial charge is 0.275 e. The first-order chi connectivity index (χ1) is 16.8. The molecule has 172 valence electrons. The third kappa shape index (κ3) is 5.35. The van der Waals surface area contributed by atoms with Gasteiger partial charge in [-0.3, -0.25) is 9.69 Å². The highest BCUT2D eigenvalue weighted by Crippen LogP contribution is 2.31. The van der Waals surface area contributed by atoms with Gasteiger partial charge in [0.15, 0.2) is 0 Å². The van der Waals surface area contributed by atoms with Gasteiger partial charge in [-0.05, 0) is 55.8 Å². The fourth-order valence-corrected chi connectivity index (χ4v) is 5.27. The molecule has 2 aromatic carbocycles. The Balaban J connectivity index is 1.18. The summed E-state index contributed by atoms with van der Waals surface area (Å²) >= 11 is 1.60. The molecule has 6 heteroatoms. The zero-order valence-corrected chi connectivity index (χ0v) is 19.7. The minimum Gasteiger partial charge on any atom is -0.465 e. The normalized spacial score (nSPS) is 15.1. The summed E-state index contributed by atoms with van der Waals surface area (Å²) in [6.45, 7) is 2.97. The average molecular weight is 470 g/mol. The number of benzene rings is 2. The number of carbonyl (C=O) groups excluding carboxylic acids is 1. The van der Waals surface area contributed by atoms with Crippen molar-refractivity contribution in [3.63, 3.8) is 0 Å². The molecule has 4 aromatic rings. The van der Waals surface area contributed by atoms with Crippen LogP contribution in [0.2, 0.25) is 0 Å². The number of carbonyl (C=O) groups is 1. The van der Waals surface area contributed by atoms with Gasteiger partial charge < -0.3 is 9.73 Å². The highest BCUT2D eigenvalue weighted by atomic mass is 32.1. The lowest BCUT2D eigenvalue weighted by Crippen LogP contribution is -2.33. The van der Waals surface area contributed by atoms with Crippen molar-refractivity contribution < 1.29 is 9.21 Å². The van der Waals surface area contributed by atoms with Crippen LogP contribution in [0.5, 0.6) is 0 Å². The third-order valence-corrected chi connectivity index (χ3v) is 7.15. The lowest BCUT2D eigenvalue weighted by atomic mass is 9.97. The van der Waals surface area contributed by atoms with Gasteiger partial charge >= 0.3 is 0 Å². The molecule has 0 aliphatic carbocycles. The maximum Gasteiger partial charge on any atom is 0.275 e. The molecule has 3 heterocycles. The number of nitrogens with one attached hydrogen (secondary N) is 1. The van der Waals surface area contributed by atoms with Crippen molar-refractivity contribution in [2.75, 3.05) is 25.0 Å². The maximum absolute atomic E-state index is 13.0. The number of amides is 1. The van der Waals surface area contributed by atoms with Crippen LogP contribution in [0.1, 0.15) is 40.0 Å². The van der Waals surface area contributed by atoms with E-state index in [4.69, 9.17) is 9.40 Å². The van der Waals surface area contributed by atoms with Crippen molar-refractivity contribution in [1.82, 2.24) is 9.88 Å². The highest BCUT2D eigenvalue weighted by molar-refractivity contribution is 7.10. The number of likely N-dealkylation sites (tertiary alicyclic amines) is 1. The van der Waals surface area contributed by atoms with Gasteiger partial charge in [0.1, 0.15) is 11.5 Å². The molecule has 1 N–H and O–H groups in total. The second-order valence-electron chi connectivity index (χ2n) is 8.43. The summed E-state index contributed by atoms with van der Waals surface area (Å²) < 4.78 is 5.34. The van der Waals surface area contributed by atoms with E-state index in [1.165, 1.54) is 0 Å². The van der Waals surface area contributed by atoms with Crippen molar-refractivity contribution >= 4 is 29.0 Å². The predicted octanol–water partition coefficient (Wildman–Crippen LogP) is 6.55. The minimum absolute atomic E-state index is 0.161. The number of hydrogen-bond acceptors (Lipinski definition) is 5. The van der Waals surface area contributed by atoms with Gasteiger partial charge in [-0.25, -0.2) is 4.98 Å². The first-order valence-corrected chi connectivity index (χ1v) is 12.5. The van der Waals surface area contributed by atoms with Gasteiger partial charge in [0, 0.05) is 29.1 Å². The fourth-order valence-electron chi connectivity index (χ4n) is 4.29. The zero-order valence-electron chi connectivity index (χ0n) is 18.9. The summed E-state index contributed by atoms with van der Waals surface area (Å²) in [4.78, 5) is 20.1. The fraction of sp³-hybridized carbons (Fsp3) is 0.214. The van der Waals surface area contributed by atoms with Crippen LogP contribution >= 0.6 is 11.3 Å². The Morgan fingerprint density at radius 3 is 2.65 bits per heavy atom. The number of aromatic nitrogens is 1. The number of nitrogens with zero attached hydrogens (tertiary/aromatic N) is 2. The van der Waals surface area contributed by atoms with Crippen molar-refractivity contribution in [2.24, 2.45) is 0 Å². The number of furan rings is 1. The van der Waals surface area contributed by atoms with Crippen LogP contribution in [-0.4, -0.2) is 35.4 Å². The average Bonchev–Trinajstić information content (AvgIpc) is 3.58. The monoisotopic (exact) mass is 469 g/mol. The van der Waals surface area contributed by atoms with E-state index in [1.54, 1.807) is 17.6 Å². The third-order valence-electron chi connectivity index (χ3n) is 6.14. The van der Waals surface area contributed by atoms with E-state index in [2.05, 4.69) is 16.3 Å². The summed E-state index contributed by atoms with van der Waals surface area (Å²) in [7, 11) is 0. The summed E-state index contributed by atoms with van der Waals surface area (Å²) in [6, 6.07) is 21.8. The largest absolute Gasteiger partial charge is 0.465 e. The zero-order chi connectivity index (χ0) is 23.2. The number of piperidine rings is 1. The summed E-state index contributed by atoms with van der Waals surface area (Å²) in [5.41, 5.74) is 3.36. The van der Waals surface area contributed by atoms with E-state index in [0.29, 0.717) is 11.6 Å². The molecule has 1 aliphatic heterocycles. The molecular weight excluding hydrogens is 442 g/mol. The number of thiazole rings is 1. The van der Waals surface area contributed by atoms with E-state index < -0.39 is 0 Å². The van der Waals surface area contributed by atoms with Crippen molar-refractivity contribution in [3.8, 4) is 11.1 Å². The number of rotatable bonds is 7. The van der Waals surface area contributed by atoms with Gasteiger partial charge in [0.2, 0.25) is 0 Å². The first-order valence-electron chi connectivity index (χ1n) is 11.6. The molecule has 5 nitrogen and oxygen atoms in total. The van der Waals surface area contributed by atoms with E-state index in [-0.39, 0.29) is 5.91 Å². The van der Waals surface area contributed by atoms with Crippen LogP contribution in [0.25, 0.3) is 17.2 Å². The second kappa shape index (κ2) is 10.6.